The molecule has 1 fully saturated rings. The zero-order valence-electron chi connectivity index (χ0n) is 11.0. The summed E-state index contributed by atoms with van der Waals surface area (Å²) in [6.45, 7) is 5.79. The first-order chi connectivity index (χ1) is 8.71. The maximum Gasteiger partial charge on any atom is 0.120 e. The Balaban J connectivity index is 2.00. The van der Waals surface area contributed by atoms with Crippen LogP contribution in [0.1, 0.15) is 18.9 Å². The first-order valence-corrected chi connectivity index (χ1v) is 7.18. The minimum atomic E-state index is 0.392. The van der Waals surface area contributed by atoms with Crippen molar-refractivity contribution < 1.29 is 9.47 Å². The number of methoxy groups -OCH3 is 1. The van der Waals surface area contributed by atoms with Crippen molar-refractivity contribution in [2.24, 2.45) is 0 Å². The van der Waals surface area contributed by atoms with Gasteiger partial charge >= 0.3 is 0 Å². The Morgan fingerprint density at radius 1 is 1.39 bits per heavy atom. The monoisotopic (exact) mass is 313 g/mol. The van der Waals surface area contributed by atoms with Crippen LogP contribution in [-0.4, -0.2) is 37.8 Å². The predicted molar refractivity (Wildman–Crippen MR) is 76.0 cm³/mol. The summed E-state index contributed by atoms with van der Waals surface area (Å²) in [5.74, 6) is 0.935. The Morgan fingerprint density at radius 2 is 2.22 bits per heavy atom. The van der Waals surface area contributed by atoms with Crippen LogP contribution in [0.5, 0.6) is 5.75 Å². The van der Waals surface area contributed by atoms with Crippen molar-refractivity contribution in [3.8, 4) is 5.75 Å². The summed E-state index contributed by atoms with van der Waals surface area (Å²) in [4.78, 5) is 2.42. The highest BCUT2D eigenvalue weighted by Crippen LogP contribution is 2.24. The second-order valence-corrected chi connectivity index (χ2v) is 5.53. The molecule has 2 rings (SSSR count). The summed E-state index contributed by atoms with van der Waals surface area (Å²) < 4.78 is 12.0. The van der Waals surface area contributed by atoms with Gasteiger partial charge in [0.25, 0.3) is 0 Å². The van der Waals surface area contributed by atoms with Crippen LogP contribution in [0.15, 0.2) is 22.7 Å². The molecule has 4 heteroatoms. The van der Waals surface area contributed by atoms with Gasteiger partial charge in [-0.1, -0.05) is 15.9 Å². The van der Waals surface area contributed by atoms with Crippen molar-refractivity contribution >= 4 is 15.9 Å². The van der Waals surface area contributed by atoms with Crippen molar-refractivity contribution in [3.63, 3.8) is 0 Å². The lowest BCUT2D eigenvalue weighted by Gasteiger charge is -2.16. The topological polar surface area (TPSA) is 21.7 Å². The highest BCUT2D eigenvalue weighted by Gasteiger charge is 2.21. The Kier molecular flexibility index (Phi) is 5.03. The molecule has 1 heterocycles. The summed E-state index contributed by atoms with van der Waals surface area (Å²) in [5, 5.41) is 0. The summed E-state index contributed by atoms with van der Waals surface area (Å²) in [6.07, 6.45) is 1.52. The number of likely N-dealkylation sites (tertiary alicyclic amines) is 1. The van der Waals surface area contributed by atoms with Gasteiger partial charge in [0.1, 0.15) is 5.75 Å². The predicted octanol–water partition coefficient (Wildman–Crippen LogP) is 3.07. The number of benzene rings is 1. The quantitative estimate of drug-likeness (QED) is 0.834. The van der Waals surface area contributed by atoms with E-state index in [2.05, 4.69) is 33.0 Å². The van der Waals surface area contributed by atoms with Crippen LogP contribution in [0.2, 0.25) is 0 Å². The van der Waals surface area contributed by atoms with E-state index in [1.807, 2.05) is 13.0 Å². The summed E-state index contributed by atoms with van der Waals surface area (Å²) in [6, 6.07) is 6.28. The molecule has 18 heavy (non-hydrogen) atoms. The zero-order chi connectivity index (χ0) is 13.0. The summed E-state index contributed by atoms with van der Waals surface area (Å²) in [7, 11) is 1.79. The SMILES string of the molecule is CCOc1cc(Br)cc(CN2CC[C@@H](OC)C2)c1. The number of nitrogens with zero attached hydrogens (tertiary/aromatic N) is 1. The molecule has 0 aliphatic carbocycles. The van der Waals surface area contributed by atoms with Gasteiger partial charge in [-0.25, -0.2) is 0 Å². The molecular weight excluding hydrogens is 294 g/mol. The molecule has 1 saturated heterocycles. The lowest BCUT2D eigenvalue weighted by Crippen LogP contribution is -2.22. The van der Waals surface area contributed by atoms with E-state index in [0.29, 0.717) is 12.7 Å². The summed E-state index contributed by atoms with van der Waals surface area (Å²) >= 11 is 3.53. The van der Waals surface area contributed by atoms with Crippen molar-refractivity contribution in [2.75, 3.05) is 26.8 Å². The van der Waals surface area contributed by atoms with E-state index in [0.717, 1.165) is 36.3 Å². The van der Waals surface area contributed by atoms with Crippen LogP contribution < -0.4 is 4.74 Å². The van der Waals surface area contributed by atoms with Crippen LogP contribution in [-0.2, 0) is 11.3 Å². The molecular formula is C14H20BrNO2. The molecule has 100 valence electrons. The normalized spacial score (nSPS) is 20.3. The van der Waals surface area contributed by atoms with Gasteiger partial charge in [-0.15, -0.1) is 0 Å². The minimum Gasteiger partial charge on any atom is -0.494 e. The van der Waals surface area contributed by atoms with Crippen LogP contribution in [0.25, 0.3) is 0 Å². The third kappa shape index (κ3) is 3.70. The molecule has 0 amide bonds. The third-order valence-corrected chi connectivity index (χ3v) is 3.67. The van der Waals surface area contributed by atoms with Gasteiger partial charge in [0.05, 0.1) is 12.7 Å². The van der Waals surface area contributed by atoms with Crippen molar-refractivity contribution in [3.05, 3.63) is 28.2 Å². The fraction of sp³-hybridized carbons (Fsp3) is 0.571. The van der Waals surface area contributed by atoms with E-state index in [9.17, 15) is 0 Å². The average Bonchev–Trinajstić information content (AvgIpc) is 2.76. The number of rotatable bonds is 5. The first kappa shape index (κ1) is 13.8. The van der Waals surface area contributed by atoms with Crippen LogP contribution in [0.3, 0.4) is 0 Å². The van der Waals surface area contributed by atoms with E-state index in [1.165, 1.54) is 5.56 Å². The molecule has 1 atom stereocenters. The lowest BCUT2D eigenvalue weighted by molar-refractivity contribution is 0.107. The number of hydrogen-bond donors (Lipinski definition) is 0. The zero-order valence-corrected chi connectivity index (χ0v) is 12.6. The molecule has 1 aliphatic heterocycles. The molecule has 3 nitrogen and oxygen atoms in total. The van der Waals surface area contributed by atoms with Crippen LogP contribution in [0.4, 0.5) is 0 Å². The summed E-state index contributed by atoms with van der Waals surface area (Å²) in [5.41, 5.74) is 1.28. The van der Waals surface area contributed by atoms with Crippen molar-refractivity contribution in [2.45, 2.75) is 26.0 Å². The highest BCUT2D eigenvalue weighted by atomic mass is 79.9. The first-order valence-electron chi connectivity index (χ1n) is 6.38. The largest absolute Gasteiger partial charge is 0.494 e. The van der Waals surface area contributed by atoms with Crippen LogP contribution in [0, 0.1) is 0 Å². The van der Waals surface area contributed by atoms with Gasteiger partial charge in [-0.05, 0) is 37.1 Å². The van der Waals surface area contributed by atoms with Gasteiger partial charge < -0.3 is 9.47 Å². The number of halogens is 1. The van der Waals surface area contributed by atoms with Gasteiger partial charge in [0.2, 0.25) is 0 Å². The van der Waals surface area contributed by atoms with E-state index in [4.69, 9.17) is 9.47 Å². The maximum atomic E-state index is 5.56. The van der Waals surface area contributed by atoms with Crippen molar-refractivity contribution in [1.82, 2.24) is 4.90 Å². The van der Waals surface area contributed by atoms with Gasteiger partial charge in [-0.2, -0.15) is 0 Å². The second-order valence-electron chi connectivity index (χ2n) is 4.61. The van der Waals surface area contributed by atoms with Gasteiger partial charge in [0, 0.05) is 31.2 Å². The maximum absolute atomic E-state index is 5.56. The fourth-order valence-corrected chi connectivity index (χ4v) is 2.87. The fourth-order valence-electron chi connectivity index (χ4n) is 2.35. The van der Waals surface area contributed by atoms with Crippen LogP contribution >= 0.6 is 15.9 Å². The van der Waals surface area contributed by atoms with E-state index >= 15 is 0 Å². The van der Waals surface area contributed by atoms with E-state index in [-0.39, 0.29) is 0 Å². The molecule has 1 aromatic rings. The molecule has 1 aromatic carbocycles. The molecule has 0 aromatic heterocycles. The molecule has 0 N–H and O–H groups in total. The number of ether oxygens (including phenoxy) is 2. The van der Waals surface area contributed by atoms with Gasteiger partial charge in [0.15, 0.2) is 0 Å². The average molecular weight is 314 g/mol. The van der Waals surface area contributed by atoms with Crippen molar-refractivity contribution in [1.29, 1.82) is 0 Å². The number of hydrogen-bond acceptors (Lipinski definition) is 3. The molecule has 0 bridgehead atoms. The Bertz CT molecular complexity index is 397. The third-order valence-electron chi connectivity index (χ3n) is 3.21. The van der Waals surface area contributed by atoms with E-state index < -0.39 is 0 Å². The van der Waals surface area contributed by atoms with Gasteiger partial charge in [-0.3, -0.25) is 4.90 Å². The second kappa shape index (κ2) is 6.55. The Labute approximate surface area is 117 Å². The highest BCUT2D eigenvalue weighted by molar-refractivity contribution is 9.10. The standard InChI is InChI=1S/C14H20BrNO2/c1-3-18-14-7-11(6-12(15)8-14)9-16-5-4-13(10-16)17-2/h6-8,13H,3-5,9-10H2,1-2H3/t13-/m1/s1. The molecule has 0 spiro atoms. The Morgan fingerprint density at radius 3 is 2.89 bits per heavy atom. The molecule has 1 aliphatic rings. The minimum absolute atomic E-state index is 0.392. The van der Waals surface area contributed by atoms with E-state index in [1.54, 1.807) is 7.11 Å². The lowest BCUT2D eigenvalue weighted by atomic mass is 10.2. The molecule has 0 saturated carbocycles. The smallest absolute Gasteiger partial charge is 0.120 e. The Hall–Kier alpha value is -0.580. The molecule has 0 radical (unpaired) electrons. The molecule has 0 unspecified atom stereocenters.